The van der Waals surface area contributed by atoms with Crippen LogP contribution < -0.4 is 15.6 Å². The fourth-order valence-electron chi connectivity index (χ4n) is 2.14. The van der Waals surface area contributed by atoms with Crippen LogP contribution in [0.2, 0.25) is 0 Å². The Labute approximate surface area is 139 Å². The van der Waals surface area contributed by atoms with E-state index in [1.165, 1.54) is 14.0 Å². The predicted molar refractivity (Wildman–Crippen MR) is 88.8 cm³/mol. The Kier molecular flexibility index (Phi) is 5.68. The third-order valence-corrected chi connectivity index (χ3v) is 3.39. The van der Waals surface area contributed by atoms with E-state index in [0.717, 1.165) is 0 Å². The quantitative estimate of drug-likeness (QED) is 0.649. The number of rotatable bonds is 5. The molecular weight excluding hydrogens is 308 g/mol. The average molecular weight is 326 g/mol. The first-order valence-electron chi connectivity index (χ1n) is 7.33. The molecule has 0 aromatic heterocycles. The maximum atomic E-state index is 12.0. The molecule has 0 aliphatic rings. The molecule has 0 aliphatic carbocycles. The number of carbonyl (C=O) groups excluding carboxylic acids is 3. The van der Waals surface area contributed by atoms with Gasteiger partial charge >= 0.3 is 0 Å². The summed E-state index contributed by atoms with van der Waals surface area (Å²) >= 11 is 0. The van der Waals surface area contributed by atoms with E-state index in [1.807, 2.05) is 0 Å². The summed E-state index contributed by atoms with van der Waals surface area (Å²) in [5, 5.41) is 0. The fraction of sp³-hybridized carbons (Fsp3) is 0.167. The summed E-state index contributed by atoms with van der Waals surface area (Å²) in [7, 11) is 1.49. The van der Waals surface area contributed by atoms with Crippen LogP contribution in [0.25, 0.3) is 0 Å². The lowest BCUT2D eigenvalue weighted by atomic mass is 10.0. The van der Waals surface area contributed by atoms with E-state index in [1.54, 1.807) is 48.5 Å². The van der Waals surface area contributed by atoms with Crippen LogP contribution in [0.4, 0.5) is 0 Å². The molecule has 0 bridgehead atoms. The normalized spacial score (nSPS) is 9.92. The molecule has 2 amide bonds. The number of ketones is 1. The lowest BCUT2D eigenvalue weighted by Crippen LogP contribution is -2.42. The molecule has 2 rings (SSSR count). The highest BCUT2D eigenvalue weighted by molar-refractivity contribution is 5.96. The molecule has 6 nitrogen and oxygen atoms in total. The number of hydrogen-bond donors (Lipinski definition) is 2. The van der Waals surface area contributed by atoms with Crippen LogP contribution in [-0.4, -0.2) is 24.7 Å². The van der Waals surface area contributed by atoms with Crippen LogP contribution in [0.3, 0.4) is 0 Å². The van der Waals surface area contributed by atoms with E-state index in [4.69, 9.17) is 4.74 Å². The number of amides is 2. The summed E-state index contributed by atoms with van der Waals surface area (Å²) in [6.07, 6.45) is -0.0284. The maximum Gasteiger partial charge on any atom is 0.269 e. The van der Waals surface area contributed by atoms with Gasteiger partial charge in [0, 0.05) is 16.7 Å². The van der Waals surface area contributed by atoms with E-state index >= 15 is 0 Å². The molecule has 0 saturated carbocycles. The van der Waals surface area contributed by atoms with Crippen LogP contribution in [0, 0.1) is 0 Å². The predicted octanol–water partition coefficient (Wildman–Crippen LogP) is 1.90. The highest BCUT2D eigenvalue weighted by atomic mass is 16.5. The molecule has 0 atom stereocenters. The zero-order chi connectivity index (χ0) is 17.5. The first-order chi connectivity index (χ1) is 11.5. The Morgan fingerprint density at radius 2 is 1.67 bits per heavy atom. The minimum absolute atomic E-state index is 0.0284. The summed E-state index contributed by atoms with van der Waals surface area (Å²) in [6, 6.07) is 13.4. The molecule has 6 heteroatoms. The van der Waals surface area contributed by atoms with Gasteiger partial charge in [0.2, 0.25) is 5.91 Å². The van der Waals surface area contributed by atoms with Gasteiger partial charge < -0.3 is 4.74 Å². The number of benzene rings is 2. The minimum Gasteiger partial charge on any atom is -0.496 e. The third kappa shape index (κ3) is 4.42. The van der Waals surface area contributed by atoms with Crippen molar-refractivity contribution in [3.8, 4) is 5.75 Å². The molecular formula is C18H18N2O4. The summed E-state index contributed by atoms with van der Waals surface area (Å²) in [6.45, 7) is 1.45. The molecule has 2 N–H and O–H groups in total. The Morgan fingerprint density at radius 3 is 2.29 bits per heavy atom. The van der Waals surface area contributed by atoms with E-state index in [-0.39, 0.29) is 12.2 Å². The van der Waals surface area contributed by atoms with Gasteiger partial charge in [-0.15, -0.1) is 0 Å². The molecule has 2 aromatic carbocycles. The van der Waals surface area contributed by atoms with E-state index in [2.05, 4.69) is 10.9 Å². The highest BCUT2D eigenvalue weighted by Gasteiger charge is 2.12. The first kappa shape index (κ1) is 17.2. The van der Waals surface area contributed by atoms with Crippen LogP contribution >= 0.6 is 0 Å². The average Bonchev–Trinajstić information content (AvgIpc) is 2.60. The van der Waals surface area contributed by atoms with Crippen molar-refractivity contribution in [1.82, 2.24) is 10.9 Å². The fourth-order valence-corrected chi connectivity index (χ4v) is 2.14. The Bertz CT molecular complexity index is 757. The number of Topliss-reactive ketones (excluding diaryl/α,β-unsaturated/α-hetero) is 1. The second-order valence-electron chi connectivity index (χ2n) is 5.13. The van der Waals surface area contributed by atoms with Crippen LogP contribution in [-0.2, 0) is 11.2 Å². The van der Waals surface area contributed by atoms with Crippen molar-refractivity contribution < 1.29 is 19.1 Å². The summed E-state index contributed by atoms with van der Waals surface area (Å²) in [5.74, 6) is -0.423. The zero-order valence-corrected chi connectivity index (χ0v) is 13.5. The number of nitrogens with one attached hydrogen (secondary N) is 2. The van der Waals surface area contributed by atoms with E-state index in [9.17, 15) is 14.4 Å². The number of hydrogen-bond acceptors (Lipinski definition) is 4. The smallest absolute Gasteiger partial charge is 0.269 e. The lowest BCUT2D eigenvalue weighted by molar-refractivity contribution is -0.121. The van der Waals surface area contributed by atoms with Crippen molar-refractivity contribution in [2.45, 2.75) is 13.3 Å². The van der Waals surface area contributed by atoms with Crippen molar-refractivity contribution in [2.24, 2.45) is 0 Å². The van der Waals surface area contributed by atoms with Gasteiger partial charge in [-0.25, -0.2) is 0 Å². The molecule has 0 heterocycles. The Morgan fingerprint density at radius 1 is 0.958 bits per heavy atom. The number of ether oxygens (including phenoxy) is 1. The van der Waals surface area contributed by atoms with Gasteiger partial charge in [-0.2, -0.15) is 0 Å². The zero-order valence-electron chi connectivity index (χ0n) is 13.5. The van der Waals surface area contributed by atoms with Crippen LogP contribution in [0.5, 0.6) is 5.75 Å². The second kappa shape index (κ2) is 7.92. The molecule has 0 spiro atoms. The van der Waals surface area contributed by atoms with Gasteiger partial charge in [0.05, 0.1) is 13.5 Å². The number of methoxy groups -OCH3 is 1. The van der Waals surface area contributed by atoms with E-state index < -0.39 is 11.8 Å². The Hall–Kier alpha value is -3.15. The highest BCUT2D eigenvalue weighted by Crippen LogP contribution is 2.20. The molecule has 0 radical (unpaired) electrons. The SMILES string of the molecule is COc1ccc(C(C)=O)cc1CC(=O)NNC(=O)c1ccccc1. The van der Waals surface area contributed by atoms with E-state index in [0.29, 0.717) is 22.4 Å². The largest absolute Gasteiger partial charge is 0.496 e. The van der Waals surface area contributed by atoms with Gasteiger partial charge in [0.1, 0.15) is 5.75 Å². The third-order valence-electron chi connectivity index (χ3n) is 3.39. The summed E-state index contributed by atoms with van der Waals surface area (Å²) < 4.78 is 5.20. The van der Waals surface area contributed by atoms with Gasteiger partial charge in [0.15, 0.2) is 5.78 Å². The Balaban J connectivity index is 2.00. The topological polar surface area (TPSA) is 84.5 Å². The van der Waals surface area contributed by atoms with Crippen LogP contribution in [0.15, 0.2) is 48.5 Å². The van der Waals surface area contributed by atoms with Gasteiger partial charge in [-0.05, 0) is 37.3 Å². The van der Waals surface area contributed by atoms with Gasteiger partial charge in [-0.3, -0.25) is 25.2 Å². The molecule has 0 unspecified atom stereocenters. The second-order valence-corrected chi connectivity index (χ2v) is 5.13. The maximum absolute atomic E-state index is 12.0. The van der Waals surface area contributed by atoms with Crippen molar-refractivity contribution in [2.75, 3.05) is 7.11 Å². The van der Waals surface area contributed by atoms with Crippen molar-refractivity contribution in [3.63, 3.8) is 0 Å². The first-order valence-corrected chi connectivity index (χ1v) is 7.33. The van der Waals surface area contributed by atoms with Crippen molar-refractivity contribution >= 4 is 17.6 Å². The minimum atomic E-state index is -0.418. The summed E-state index contributed by atoms with van der Waals surface area (Å²) in [5.41, 5.74) is 6.20. The van der Waals surface area contributed by atoms with Crippen molar-refractivity contribution in [3.05, 3.63) is 65.2 Å². The summed E-state index contributed by atoms with van der Waals surface area (Å²) in [4.78, 5) is 35.4. The lowest BCUT2D eigenvalue weighted by Gasteiger charge is -2.11. The molecule has 0 saturated heterocycles. The standard InChI is InChI=1S/C18H18N2O4/c1-12(21)14-8-9-16(24-2)15(10-14)11-17(22)19-20-18(23)13-6-4-3-5-7-13/h3-10H,11H2,1-2H3,(H,19,22)(H,20,23). The number of hydrazine groups is 1. The molecule has 0 fully saturated rings. The monoisotopic (exact) mass is 326 g/mol. The van der Waals surface area contributed by atoms with Gasteiger partial charge in [0.25, 0.3) is 5.91 Å². The van der Waals surface area contributed by atoms with Gasteiger partial charge in [-0.1, -0.05) is 18.2 Å². The van der Waals surface area contributed by atoms with Crippen molar-refractivity contribution in [1.29, 1.82) is 0 Å². The molecule has 124 valence electrons. The molecule has 2 aromatic rings. The molecule has 0 aliphatic heterocycles. The molecule has 24 heavy (non-hydrogen) atoms. The van der Waals surface area contributed by atoms with Crippen LogP contribution in [0.1, 0.15) is 33.2 Å². The number of carbonyl (C=O) groups is 3.